The molecule has 0 aromatic carbocycles. The molecule has 6 nitrogen and oxygen atoms in total. The van der Waals surface area contributed by atoms with E-state index in [1.807, 2.05) is 23.2 Å². The van der Waals surface area contributed by atoms with Crippen LogP contribution >= 0.6 is 11.3 Å². The fraction of sp³-hybridized carbons (Fsp3) is 0.632. The van der Waals surface area contributed by atoms with Crippen LogP contribution in [0.2, 0.25) is 0 Å². The van der Waals surface area contributed by atoms with Crippen molar-refractivity contribution in [2.24, 2.45) is 0 Å². The number of aromatic nitrogens is 2. The monoisotopic (exact) mass is 372 g/mol. The summed E-state index contributed by atoms with van der Waals surface area (Å²) in [5.74, 6) is 2.09. The highest BCUT2D eigenvalue weighted by atomic mass is 32.1. The van der Waals surface area contributed by atoms with Crippen LogP contribution in [0.1, 0.15) is 35.5 Å². The highest BCUT2D eigenvalue weighted by Crippen LogP contribution is 2.40. The molecule has 5 rings (SSSR count). The van der Waals surface area contributed by atoms with Gasteiger partial charge in [0.25, 0.3) is 5.91 Å². The summed E-state index contributed by atoms with van der Waals surface area (Å²) >= 11 is 1.84. The van der Waals surface area contributed by atoms with E-state index in [4.69, 9.17) is 9.72 Å². The molecule has 2 aromatic rings. The first-order valence-corrected chi connectivity index (χ1v) is 10.5. The highest BCUT2D eigenvalue weighted by molar-refractivity contribution is 7.19. The molecule has 0 radical (unpaired) electrons. The van der Waals surface area contributed by atoms with Gasteiger partial charge in [-0.3, -0.25) is 4.79 Å². The van der Waals surface area contributed by atoms with Gasteiger partial charge < -0.3 is 14.5 Å². The molecule has 26 heavy (non-hydrogen) atoms. The van der Waals surface area contributed by atoms with Crippen molar-refractivity contribution in [1.82, 2.24) is 14.9 Å². The first-order valence-electron chi connectivity index (χ1n) is 9.65. The molecule has 1 aliphatic carbocycles. The summed E-state index contributed by atoms with van der Waals surface area (Å²) in [6, 6.07) is 0. The van der Waals surface area contributed by atoms with E-state index >= 15 is 0 Å². The number of amides is 1. The van der Waals surface area contributed by atoms with Gasteiger partial charge >= 0.3 is 0 Å². The quantitative estimate of drug-likeness (QED) is 0.810. The fourth-order valence-corrected chi connectivity index (χ4v) is 5.73. The lowest BCUT2D eigenvalue weighted by Gasteiger charge is -2.36. The summed E-state index contributed by atoms with van der Waals surface area (Å²) in [5, 5.41) is 1.27. The van der Waals surface area contributed by atoms with Gasteiger partial charge in [-0.15, -0.1) is 11.3 Å². The van der Waals surface area contributed by atoms with Crippen LogP contribution in [0.3, 0.4) is 0 Å². The van der Waals surface area contributed by atoms with E-state index in [1.54, 1.807) is 0 Å². The van der Waals surface area contributed by atoms with Crippen molar-refractivity contribution in [2.75, 3.05) is 37.7 Å². The smallest absolute Gasteiger partial charge is 0.251 e. The van der Waals surface area contributed by atoms with Crippen LogP contribution in [-0.2, 0) is 22.4 Å². The lowest BCUT2D eigenvalue weighted by atomic mass is 10.1. The molecular weight excluding hydrogens is 348 g/mol. The summed E-state index contributed by atoms with van der Waals surface area (Å²) in [4.78, 5) is 29.0. The standard InChI is InChI=1S/C19H24N4O2S/c1-12-20-17(16-13-4-2-6-15(13)26-18(16)21-12)22-7-9-23(10-8-22)19(24)14-5-3-11-25-14/h14H,2-11H2,1H3. The Hall–Kier alpha value is -1.73. The molecule has 138 valence electrons. The molecule has 0 bridgehead atoms. The van der Waals surface area contributed by atoms with Crippen molar-refractivity contribution >= 4 is 33.3 Å². The molecule has 7 heteroatoms. The number of fused-ring (bicyclic) bond motifs is 3. The third kappa shape index (κ3) is 2.68. The van der Waals surface area contributed by atoms with Gasteiger partial charge in [-0.2, -0.15) is 0 Å². The summed E-state index contributed by atoms with van der Waals surface area (Å²) in [5.41, 5.74) is 1.47. The Labute approximate surface area is 157 Å². The number of aryl methyl sites for hydroxylation is 3. The van der Waals surface area contributed by atoms with Gasteiger partial charge in [-0.05, 0) is 44.6 Å². The topological polar surface area (TPSA) is 58.6 Å². The first kappa shape index (κ1) is 16.4. The summed E-state index contributed by atoms with van der Waals surface area (Å²) in [7, 11) is 0. The Morgan fingerprint density at radius 3 is 2.77 bits per heavy atom. The maximum absolute atomic E-state index is 12.6. The Morgan fingerprint density at radius 2 is 2.00 bits per heavy atom. The maximum atomic E-state index is 12.6. The van der Waals surface area contributed by atoms with Crippen LogP contribution < -0.4 is 4.90 Å². The Kier molecular flexibility index (Phi) is 4.09. The van der Waals surface area contributed by atoms with Crippen LogP contribution in [-0.4, -0.2) is 59.7 Å². The lowest BCUT2D eigenvalue weighted by Crippen LogP contribution is -2.51. The number of thiophene rings is 1. The zero-order chi connectivity index (χ0) is 17.7. The molecule has 1 unspecified atom stereocenters. The van der Waals surface area contributed by atoms with Crippen molar-refractivity contribution in [3.05, 3.63) is 16.3 Å². The number of nitrogens with zero attached hydrogens (tertiary/aromatic N) is 4. The predicted octanol–water partition coefficient (Wildman–Crippen LogP) is 2.32. The van der Waals surface area contributed by atoms with Crippen molar-refractivity contribution < 1.29 is 9.53 Å². The van der Waals surface area contributed by atoms with Crippen LogP contribution in [0.5, 0.6) is 0 Å². The first-order chi connectivity index (χ1) is 12.7. The molecular formula is C19H24N4O2S. The lowest BCUT2D eigenvalue weighted by molar-refractivity contribution is -0.141. The number of anilines is 1. The summed E-state index contributed by atoms with van der Waals surface area (Å²) < 4.78 is 5.57. The second kappa shape index (κ2) is 6.46. The molecule has 1 amide bonds. The number of hydrogen-bond acceptors (Lipinski definition) is 6. The van der Waals surface area contributed by atoms with Crippen LogP contribution in [0.4, 0.5) is 5.82 Å². The third-order valence-electron chi connectivity index (χ3n) is 5.75. The number of carbonyl (C=O) groups excluding carboxylic acids is 1. The second-order valence-electron chi connectivity index (χ2n) is 7.45. The van der Waals surface area contributed by atoms with Gasteiger partial charge in [0, 0.05) is 37.7 Å². The molecule has 3 aliphatic rings. The molecule has 0 saturated carbocycles. The van der Waals surface area contributed by atoms with Crippen molar-refractivity contribution in [3.8, 4) is 0 Å². The molecule has 1 atom stereocenters. The van der Waals surface area contributed by atoms with Gasteiger partial charge in [-0.1, -0.05) is 0 Å². The largest absolute Gasteiger partial charge is 0.368 e. The normalized spacial score (nSPS) is 23.0. The van der Waals surface area contributed by atoms with Gasteiger partial charge in [0.05, 0.1) is 5.39 Å². The van der Waals surface area contributed by atoms with E-state index < -0.39 is 0 Å². The van der Waals surface area contributed by atoms with Crippen LogP contribution in [0.25, 0.3) is 10.2 Å². The summed E-state index contributed by atoms with van der Waals surface area (Å²) in [6.45, 7) is 5.84. The van der Waals surface area contributed by atoms with Crippen molar-refractivity contribution in [3.63, 3.8) is 0 Å². The van der Waals surface area contributed by atoms with Crippen LogP contribution in [0.15, 0.2) is 0 Å². The highest BCUT2D eigenvalue weighted by Gasteiger charge is 2.32. The van der Waals surface area contributed by atoms with E-state index in [-0.39, 0.29) is 12.0 Å². The Morgan fingerprint density at radius 1 is 1.15 bits per heavy atom. The van der Waals surface area contributed by atoms with Crippen molar-refractivity contribution in [2.45, 2.75) is 45.1 Å². The molecule has 2 aromatic heterocycles. The minimum absolute atomic E-state index is 0.169. The van der Waals surface area contributed by atoms with E-state index in [0.717, 1.165) is 68.5 Å². The van der Waals surface area contributed by atoms with Gasteiger partial charge in [0.15, 0.2) is 0 Å². The Balaban J connectivity index is 1.39. The number of hydrogen-bond donors (Lipinski definition) is 0. The average Bonchev–Trinajstić information content (AvgIpc) is 3.37. The number of rotatable bonds is 2. The average molecular weight is 372 g/mol. The summed E-state index contributed by atoms with van der Waals surface area (Å²) in [6.07, 6.45) is 5.22. The van der Waals surface area contributed by atoms with Gasteiger partial charge in [-0.25, -0.2) is 9.97 Å². The van der Waals surface area contributed by atoms with E-state index in [0.29, 0.717) is 0 Å². The van der Waals surface area contributed by atoms with Gasteiger partial charge in [0.2, 0.25) is 0 Å². The Bertz CT molecular complexity index is 851. The van der Waals surface area contributed by atoms with E-state index in [2.05, 4.69) is 9.88 Å². The molecule has 2 saturated heterocycles. The van der Waals surface area contributed by atoms with Crippen LogP contribution in [0, 0.1) is 6.92 Å². The minimum atomic E-state index is -0.213. The zero-order valence-corrected chi connectivity index (χ0v) is 16.0. The second-order valence-corrected chi connectivity index (χ2v) is 8.53. The molecule has 0 spiro atoms. The van der Waals surface area contributed by atoms with Crippen molar-refractivity contribution in [1.29, 1.82) is 0 Å². The molecule has 2 aliphatic heterocycles. The fourth-order valence-electron chi connectivity index (χ4n) is 4.42. The SMILES string of the molecule is Cc1nc(N2CCN(C(=O)C3CCCO3)CC2)c2c3c(sc2n1)CCC3. The zero-order valence-electron chi connectivity index (χ0n) is 15.2. The van der Waals surface area contributed by atoms with E-state index in [9.17, 15) is 4.79 Å². The maximum Gasteiger partial charge on any atom is 0.251 e. The predicted molar refractivity (Wildman–Crippen MR) is 102 cm³/mol. The van der Waals surface area contributed by atoms with E-state index in [1.165, 1.54) is 28.7 Å². The third-order valence-corrected chi connectivity index (χ3v) is 6.94. The number of piperazine rings is 1. The molecule has 2 fully saturated rings. The molecule has 0 N–H and O–H groups in total. The number of carbonyl (C=O) groups is 1. The van der Waals surface area contributed by atoms with Gasteiger partial charge in [0.1, 0.15) is 22.6 Å². The number of ether oxygens (including phenoxy) is 1. The molecule has 4 heterocycles. The minimum Gasteiger partial charge on any atom is -0.368 e.